The monoisotopic (exact) mass is 436 g/mol. The van der Waals surface area contributed by atoms with E-state index in [0.29, 0.717) is 13.0 Å². The van der Waals surface area contributed by atoms with Crippen molar-refractivity contribution in [1.82, 2.24) is 0 Å². The number of halogens is 1. The lowest BCUT2D eigenvalue weighted by molar-refractivity contribution is -0.143. The maximum Gasteiger partial charge on any atom is 0.305 e. The highest BCUT2D eigenvalue weighted by Gasteiger charge is 2.03. The molecule has 0 aliphatic carbocycles. The van der Waals surface area contributed by atoms with Crippen molar-refractivity contribution in [3.63, 3.8) is 0 Å². The molecule has 1 atom stereocenters. The van der Waals surface area contributed by atoms with Gasteiger partial charge in [-0.15, -0.1) is 0 Å². The second-order valence-corrected chi connectivity index (χ2v) is 8.01. The minimum Gasteiger partial charge on any atom is -0.466 e. The topological polar surface area (TPSA) is 26.3 Å². The zero-order chi connectivity index (χ0) is 17.2. The summed E-state index contributed by atoms with van der Waals surface area (Å²) in [4.78, 5) is 11.2. The normalized spacial score (nSPS) is 12.7. The fraction of sp³-hybridized carbons (Fsp3) is 0.850. The van der Waals surface area contributed by atoms with Crippen LogP contribution in [-0.2, 0) is 9.53 Å². The standard InChI is InChI=1S/C20H37IO2/c1-3-5-6-7-8-10-13-16-19(21)17-14-11-9-12-15-18-20(22)23-4-2/h8,10,19H,3-7,9,11-18H2,1-2H3/b10-8-. The number of allylic oxidation sites excluding steroid dienone is 2. The average Bonchev–Trinajstić information content (AvgIpc) is 2.53. The molecule has 0 amide bonds. The van der Waals surface area contributed by atoms with E-state index in [1.807, 2.05) is 6.92 Å². The Kier molecular flexibility index (Phi) is 18.2. The largest absolute Gasteiger partial charge is 0.466 e. The Bertz CT molecular complexity index is 289. The highest BCUT2D eigenvalue weighted by Crippen LogP contribution is 2.18. The first kappa shape index (κ1) is 22.9. The molecule has 136 valence electrons. The summed E-state index contributed by atoms with van der Waals surface area (Å²) in [5.74, 6) is -0.0393. The summed E-state index contributed by atoms with van der Waals surface area (Å²) in [6.07, 6.45) is 20.5. The van der Waals surface area contributed by atoms with Gasteiger partial charge in [0.1, 0.15) is 0 Å². The molecule has 0 aromatic rings. The zero-order valence-electron chi connectivity index (χ0n) is 15.3. The van der Waals surface area contributed by atoms with Crippen molar-refractivity contribution in [3.8, 4) is 0 Å². The molecule has 0 rings (SSSR count). The third-order valence-corrected chi connectivity index (χ3v) is 5.24. The summed E-state index contributed by atoms with van der Waals surface area (Å²) in [5, 5.41) is 0. The fourth-order valence-electron chi connectivity index (χ4n) is 2.57. The zero-order valence-corrected chi connectivity index (χ0v) is 17.5. The molecular formula is C20H37IO2. The second kappa shape index (κ2) is 18.3. The maximum absolute atomic E-state index is 11.2. The van der Waals surface area contributed by atoms with Crippen LogP contribution in [0.3, 0.4) is 0 Å². The quantitative estimate of drug-likeness (QED) is 0.0856. The van der Waals surface area contributed by atoms with Crippen LogP contribution in [-0.4, -0.2) is 16.5 Å². The molecule has 2 nitrogen and oxygen atoms in total. The van der Waals surface area contributed by atoms with Crippen molar-refractivity contribution >= 4 is 28.6 Å². The third-order valence-electron chi connectivity index (χ3n) is 3.99. The van der Waals surface area contributed by atoms with E-state index >= 15 is 0 Å². The molecule has 0 saturated heterocycles. The van der Waals surface area contributed by atoms with Gasteiger partial charge in [-0.3, -0.25) is 4.79 Å². The van der Waals surface area contributed by atoms with E-state index < -0.39 is 0 Å². The van der Waals surface area contributed by atoms with Crippen LogP contribution in [0, 0.1) is 0 Å². The predicted molar refractivity (Wildman–Crippen MR) is 109 cm³/mol. The van der Waals surface area contributed by atoms with E-state index in [-0.39, 0.29) is 5.97 Å². The SMILES string of the molecule is CCCCC/C=C\CCC(I)CCCCCCCC(=O)OCC. The van der Waals surface area contributed by atoms with Gasteiger partial charge in [-0.05, 0) is 45.4 Å². The summed E-state index contributed by atoms with van der Waals surface area (Å²) in [6.45, 7) is 4.62. The highest BCUT2D eigenvalue weighted by molar-refractivity contribution is 14.1. The number of ether oxygens (including phenoxy) is 1. The first-order chi connectivity index (χ1) is 11.2. The van der Waals surface area contributed by atoms with E-state index in [1.165, 1.54) is 64.2 Å². The van der Waals surface area contributed by atoms with Crippen molar-refractivity contribution in [2.45, 2.75) is 101 Å². The van der Waals surface area contributed by atoms with Crippen molar-refractivity contribution in [1.29, 1.82) is 0 Å². The van der Waals surface area contributed by atoms with Gasteiger partial charge in [0.05, 0.1) is 6.61 Å². The third kappa shape index (κ3) is 18.1. The Morgan fingerprint density at radius 3 is 2.35 bits per heavy atom. The van der Waals surface area contributed by atoms with Crippen LogP contribution in [0.1, 0.15) is 97.3 Å². The fourth-order valence-corrected chi connectivity index (χ4v) is 3.37. The number of carbonyl (C=O) groups excluding carboxylic acids is 1. The molecule has 0 saturated carbocycles. The summed E-state index contributed by atoms with van der Waals surface area (Å²) in [7, 11) is 0. The average molecular weight is 436 g/mol. The summed E-state index contributed by atoms with van der Waals surface area (Å²) >= 11 is 2.61. The molecule has 0 spiro atoms. The van der Waals surface area contributed by atoms with E-state index in [0.717, 1.165) is 16.8 Å². The number of rotatable bonds is 16. The van der Waals surface area contributed by atoms with Gasteiger partial charge in [-0.2, -0.15) is 0 Å². The predicted octanol–water partition coefficient (Wildman–Crippen LogP) is 7.00. The second-order valence-electron chi connectivity index (χ2n) is 6.25. The number of hydrogen-bond donors (Lipinski definition) is 0. The smallest absolute Gasteiger partial charge is 0.305 e. The number of hydrogen-bond acceptors (Lipinski definition) is 2. The molecule has 0 aromatic heterocycles. The van der Waals surface area contributed by atoms with E-state index in [1.54, 1.807) is 0 Å². The van der Waals surface area contributed by atoms with Gasteiger partial charge >= 0.3 is 5.97 Å². The van der Waals surface area contributed by atoms with Gasteiger partial charge in [0.25, 0.3) is 0 Å². The molecule has 0 fully saturated rings. The summed E-state index contributed by atoms with van der Waals surface area (Å²) < 4.78 is 5.74. The Morgan fingerprint density at radius 2 is 1.61 bits per heavy atom. The Hall–Kier alpha value is -0.0600. The molecule has 0 aromatic carbocycles. The van der Waals surface area contributed by atoms with Gasteiger partial charge in [0, 0.05) is 10.3 Å². The summed E-state index contributed by atoms with van der Waals surface area (Å²) in [6, 6.07) is 0. The van der Waals surface area contributed by atoms with Crippen molar-refractivity contribution in [2.24, 2.45) is 0 Å². The molecular weight excluding hydrogens is 399 g/mol. The van der Waals surface area contributed by atoms with E-state index in [2.05, 4.69) is 41.7 Å². The lowest BCUT2D eigenvalue weighted by atomic mass is 10.1. The molecule has 0 bridgehead atoms. The van der Waals surface area contributed by atoms with Crippen LogP contribution in [0.2, 0.25) is 0 Å². The van der Waals surface area contributed by atoms with Gasteiger partial charge in [0.15, 0.2) is 0 Å². The Morgan fingerprint density at radius 1 is 0.913 bits per heavy atom. The van der Waals surface area contributed by atoms with Gasteiger partial charge < -0.3 is 4.74 Å². The van der Waals surface area contributed by atoms with Crippen molar-refractivity contribution in [3.05, 3.63) is 12.2 Å². The first-order valence-corrected chi connectivity index (χ1v) is 10.9. The van der Waals surface area contributed by atoms with Gasteiger partial charge in [-0.25, -0.2) is 0 Å². The van der Waals surface area contributed by atoms with Gasteiger partial charge in [-0.1, -0.05) is 80.2 Å². The summed E-state index contributed by atoms with van der Waals surface area (Å²) in [5.41, 5.74) is 0. The van der Waals surface area contributed by atoms with Crippen LogP contribution in [0.25, 0.3) is 0 Å². The molecule has 1 unspecified atom stereocenters. The molecule has 0 N–H and O–H groups in total. The van der Waals surface area contributed by atoms with E-state index in [9.17, 15) is 4.79 Å². The van der Waals surface area contributed by atoms with Crippen molar-refractivity contribution < 1.29 is 9.53 Å². The lowest BCUT2D eigenvalue weighted by Crippen LogP contribution is -2.03. The van der Waals surface area contributed by atoms with Crippen LogP contribution in [0.4, 0.5) is 0 Å². The highest BCUT2D eigenvalue weighted by atomic mass is 127. The Labute approximate surface area is 158 Å². The number of unbranched alkanes of at least 4 members (excludes halogenated alkanes) is 7. The van der Waals surface area contributed by atoms with Crippen LogP contribution < -0.4 is 0 Å². The molecule has 0 radical (unpaired) electrons. The number of alkyl halides is 1. The maximum atomic E-state index is 11.2. The van der Waals surface area contributed by atoms with Crippen LogP contribution in [0.15, 0.2) is 12.2 Å². The lowest BCUT2D eigenvalue weighted by Gasteiger charge is -2.08. The minimum absolute atomic E-state index is 0.0393. The Balaban J connectivity index is 3.30. The molecule has 3 heteroatoms. The molecule has 0 aliphatic rings. The van der Waals surface area contributed by atoms with Crippen LogP contribution >= 0.6 is 22.6 Å². The number of carbonyl (C=O) groups is 1. The molecule has 0 aliphatic heterocycles. The first-order valence-electron chi connectivity index (χ1n) is 9.65. The molecule has 23 heavy (non-hydrogen) atoms. The van der Waals surface area contributed by atoms with Crippen LogP contribution in [0.5, 0.6) is 0 Å². The van der Waals surface area contributed by atoms with Crippen molar-refractivity contribution in [2.75, 3.05) is 6.61 Å². The minimum atomic E-state index is -0.0393. The number of esters is 1. The van der Waals surface area contributed by atoms with Gasteiger partial charge in [0.2, 0.25) is 0 Å². The molecule has 0 heterocycles. The van der Waals surface area contributed by atoms with E-state index in [4.69, 9.17) is 4.74 Å².